The molecular weight excluding hydrogens is 634 g/mol. The number of fused-ring (bicyclic) bond motifs is 1. The van der Waals surface area contributed by atoms with Gasteiger partial charge in [0.2, 0.25) is 11.8 Å². The average molecular weight is 679 g/mol. The first-order valence-electron chi connectivity index (χ1n) is 15.8. The number of rotatable bonds is 13. The highest BCUT2D eigenvalue weighted by molar-refractivity contribution is 9.09. The van der Waals surface area contributed by atoms with Gasteiger partial charge in [-0.3, -0.25) is 14.4 Å². The lowest BCUT2D eigenvalue weighted by molar-refractivity contribution is -0.147. The van der Waals surface area contributed by atoms with Crippen LogP contribution in [0.4, 0.5) is 5.69 Å². The lowest BCUT2D eigenvalue weighted by Gasteiger charge is -2.40. The normalized spacial score (nSPS) is 27.3. The topological polar surface area (TPSA) is 90.4 Å². The van der Waals surface area contributed by atoms with Crippen molar-refractivity contribution in [3.8, 4) is 0 Å². The van der Waals surface area contributed by atoms with E-state index in [0.29, 0.717) is 25.9 Å². The summed E-state index contributed by atoms with van der Waals surface area (Å²) in [5, 5.41) is 10.8. The van der Waals surface area contributed by atoms with Crippen molar-refractivity contribution < 1.29 is 24.2 Å². The Kier molecular flexibility index (Phi) is 10.0. The first-order valence-corrected chi connectivity index (χ1v) is 16.7. The van der Waals surface area contributed by atoms with Crippen molar-refractivity contribution in [3.63, 3.8) is 0 Å². The highest BCUT2D eigenvalue weighted by Crippen LogP contribution is 2.61. The molecule has 3 saturated heterocycles. The fourth-order valence-corrected chi connectivity index (χ4v) is 8.83. The molecule has 3 aliphatic rings. The number of carbonyl (C=O) groups is 3. The summed E-state index contributed by atoms with van der Waals surface area (Å²) >= 11 is 3.79. The average Bonchev–Trinajstić information content (AvgIpc) is 3.62. The molecule has 45 heavy (non-hydrogen) atoms. The summed E-state index contributed by atoms with van der Waals surface area (Å²) in [5.74, 6) is -2.43. The Hall–Kier alpha value is -3.27. The van der Waals surface area contributed by atoms with Gasteiger partial charge in [-0.1, -0.05) is 83.5 Å². The van der Waals surface area contributed by atoms with E-state index in [9.17, 15) is 14.7 Å². The molecule has 7 atom stereocenters. The number of hydrogen-bond acceptors (Lipinski definition) is 5. The van der Waals surface area contributed by atoms with Crippen LogP contribution < -0.4 is 4.90 Å². The van der Waals surface area contributed by atoms with Crippen LogP contribution in [-0.4, -0.2) is 87.5 Å². The number of alkyl halides is 1. The van der Waals surface area contributed by atoms with Gasteiger partial charge in [-0.15, -0.1) is 13.2 Å². The minimum atomic E-state index is -1.25. The second-order valence-corrected chi connectivity index (χ2v) is 13.7. The van der Waals surface area contributed by atoms with Crippen molar-refractivity contribution in [2.75, 3.05) is 31.1 Å². The van der Waals surface area contributed by atoms with E-state index in [1.54, 1.807) is 26.9 Å². The molecule has 2 aromatic carbocycles. The van der Waals surface area contributed by atoms with E-state index in [1.165, 1.54) is 0 Å². The van der Waals surface area contributed by atoms with Crippen molar-refractivity contribution in [2.45, 2.75) is 68.6 Å². The van der Waals surface area contributed by atoms with E-state index in [4.69, 9.17) is 4.74 Å². The number of amides is 3. The Morgan fingerprint density at radius 2 is 1.76 bits per heavy atom. The number of benzene rings is 2. The molecule has 1 N–H and O–H groups in total. The molecule has 0 aliphatic carbocycles. The van der Waals surface area contributed by atoms with Crippen LogP contribution in [0.15, 0.2) is 73.8 Å². The van der Waals surface area contributed by atoms with Gasteiger partial charge in [0, 0.05) is 30.1 Å². The van der Waals surface area contributed by atoms with Gasteiger partial charge < -0.3 is 24.5 Å². The maximum Gasteiger partial charge on any atom is 0.253 e. The molecule has 0 aromatic heterocycles. The molecule has 2 aromatic rings. The molecule has 0 saturated carbocycles. The maximum absolute atomic E-state index is 15.1. The fourth-order valence-electron chi connectivity index (χ4n) is 7.89. The summed E-state index contributed by atoms with van der Waals surface area (Å²) < 4.78 is 6.80. The highest BCUT2D eigenvalue weighted by atomic mass is 79.9. The third-order valence-electron chi connectivity index (χ3n) is 9.61. The van der Waals surface area contributed by atoms with Gasteiger partial charge in [0.1, 0.15) is 11.6 Å². The molecule has 5 rings (SSSR count). The third-order valence-corrected chi connectivity index (χ3v) is 10.5. The zero-order chi connectivity index (χ0) is 32.5. The maximum atomic E-state index is 15.1. The SMILES string of the molecule is C=CCN(CCC)C(=O)[C@H]1[C@@H]2OC3(CC2Br)C(C(=O)N(CC=C)c2c(C)cccc2C)N([C@@H](CO)Cc2ccccc2)C(=O)[C@H]13. The summed E-state index contributed by atoms with van der Waals surface area (Å²) in [6.07, 6.45) is 4.29. The Morgan fingerprint density at radius 3 is 2.36 bits per heavy atom. The summed E-state index contributed by atoms with van der Waals surface area (Å²) in [7, 11) is 0. The van der Waals surface area contributed by atoms with Gasteiger partial charge in [0.25, 0.3) is 5.91 Å². The smallest absolute Gasteiger partial charge is 0.253 e. The summed E-state index contributed by atoms with van der Waals surface area (Å²) in [6.45, 7) is 14.4. The molecule has 3 amide bonds. The minimum absolute atomic E-state index is 0.166. The zero-order valence-corrected chi connectivity index (χ0v) is 28.0. The molecule has 2 bridgehead atoms. The number of aliphatic hydroxyl groups is 1. The van der Waals surface area contributed by atoms with Crippen LogP contribution in [0.3, 0.4) is 0 Å². The number of carbonyl (C=O) groups excluding carboxylic acids is 3. The van der Waals surface area contributed by atoms with Gasteiger partial charge in [0.05, 0.1) is 30.6 Å². The number of likely N-dealkylation sites (tertiary alicyclic amines) is 1. The zero-order valence-electron chi connectivity index (χ0n) is 26.4. The summed E-state index contributed by atoms with van der Waals surface area (Å²) in [5.41, 5.74) is 2.27. The van der Waals surface area contributed by atoms with Crippen LogP contribution >= 0.6 is 15.9 Å². The van der Waals surface area contributed by atoms with Crippen LogP contribution in [-0.2, 0) is 25.5 Å². The number of aliphatic hydroxyl groups excluding tert-OH is 1. The minimum Gasteiger partial charge on any atom is -0.394 e. The van der Waals surface area contributed by atoms with E-state index in [0.717, 1.165) is 28.8 Å². The first kappa shape index (κ1) is 33.1. The molecule has 0 radical (unpaired) electrons. The van der Waals surface area contributed by atoms with Crippen LogP contribution in [0.25, 0.3) is 0 Å². The Labute approximate surface area is 274 Å². The van der Waals surface area contributed by atoms with Crippen molar-refractivity contribution in [1.29, 1.82) is 0 Å². The second kappa shape index (κ2) is 13.6. The number of para-hydroxylation sites is 1. The van der Waals surface area contributed by atoms with Gasteiger partial charge >= 0.3 is 0 Å². The van der Waals surface area contributed by atoms with Crippen LogP contribution in [0.5, 0.6) is 0 Å². The summed E-state index contributed by atoms with van der Waals surface area (Å²) in [4.78, 5) is 48.9. The van der Waals surface area contributed by atoms with Crippen molar-refractivity contribution in [3.05, 3.63) is 90.5 Å². The van der Waals surface area contributed by atoms with Crippen LogP contribution in [0.2, 0.25) is 0 Å². The number of nitrogens with zero attached hydrogens (tertiary/aromatic N) is 3. The van der Waals surface area contributed by atoms with Crippen molar-refractivity contribution in [1.82, 2.24) is 9.80 Å². The van der Waals surface area contributed by atoms with Gasteiger partial charge in [-0.2, -0.15) is 0 Å². The molecule has 3 fully saturated rings. The van der Waals surface area contributed by atoms with Crippen molar-refractivity contribution >= 4 is 39.3 Å². The highest BCUT2D eigenvalue weighted by Gasteiger charge is 2.77. The number of ether oxygens (including phenoxy) is 1. The fraction of sp³-hybridized carbons (Fsp3) is 0.472. The van der Waals surface area contributed by atoms with Gasteiger partial charge in [-0.05, 0) is 49.8 Å². The molecule has 9 heteroatoms. The molecule has 3 unspecified atom stereocenters. The molecule has 240 valence electrons. The Bertz CT molecular complexity index is 1430. The molecule has 3 heterocycles. The van der Waals surface area contributed by atoms with Crippen LogP contribution in [0, 0.1) is 25.7 Å². The van der Waals surface area contributed by atoms with E-state index in [2.05, 4.69) is 29.1 Å². The summed E-state index contributed by atoms with van der Waals surface area (Å²) in [6, 6.07) is 13.7. The lowest BCUT2D eigenvalue weighted by atomic mass is 9.70. The molecule has 3 aliphatic heterocycles. The van der Waals surface area contributed by atoms with E-state index in [1.807, 2.05) is 69.3 Å². The van der Waals surface area contributed by atoms with Crippen LogP contribution in [0.1, 0.15) is 36.5 Å². The Balaban J connectivity index is 1.66. The second-order valence-electron chi connectivity index (χ2n) is 12.5. The third kappa shape index (κ3) is 5.68. The first-order chi connectivity index (χ1) is 21.6. The van der Waals surface area contributed by atoms with E-state index < -0.39 is 35.6 Å². The number of hydrogen-bond donors (Lipinski definition) is 1. The number of anilines is 1. The predicted molar refractivity (Wildman–Crippen MR) is 179 cm³/mol. The predicted octanol–water partition coefficient (Wildman–Crippen LogP) is 4.60. The van der Waals surface area contributed by atoms with E-state index in [-0.39, 0.29) is 35.7 Å². The monoisotopic (exact) mass is 677 g/mol. The molecule has 8 nitrogen and oxygen atoms in total. The quantitative estimate of drug-likeness (QED) is 0.247. The van der Waals surface area contributed by atoms with Gasteiger partial charge in [-0.25, -0.2) is 0 Å². The lowest BCUT2D eigenvalue weighted by Crippen LogP contribution is -2.59. The number of aryl methyl sites for hydroxylation is 2. The van der Waals surface area contributed by atoms with E-state index >= 15 is 4.79 Å². The largest absolute Gasteiger partial charge is 0.394 e. The molecule has 1 spiro atoms. The standard InChI is InChI=1S/C36H44BrN3O5/c1-6-17-38(18-7-2)33(42)28-29-34(43)40(26(22-41)20-25-15-10-9-11-16-25)32(36(29)21-27(37)31(28)45-36)35(44)39(19-8-3)30-23(4)13-12-14-24(30)5/h6,8-16,26-29,31-32,41H,1,3,7,17-22H2,2,4-5H3/t26-,27?,28-,29+,31-,32?,36?/m1/s1. The Morgan fingerprint density at radius 1 is 1.09 bits per heavy atom. The number of halogens is 1. The van der Waals surface area contributed by atoms with Gasteiger partial charge in [0.15, 0.2) is 0 Å². The van der Waals surface area contributed by atoms with Crippen molar-refractivity contribution in [2.24, 2.45) is 11.8 Å². The molecular formula is C36H44BrN3O5.